The number of hydrogen-bond acceptors (Lipinski definition) is 2. The van der Waals surface area contributed by atoms with E-state index in [2.05, 4.69) is 20.9 Å². The molecular weight excluding hydrogens is 482 g/mol. The van der Waals surface area contributed by atoms with Crippen molar-refractivity contribution in [2.75, 3.05) is 18.9 Å². The van der Waals surface area contributed by atoms with Gasteiger partial charge in [-0.3, -0.25) is 9.79 Å². The third-order valence-electron chi connectivity index (χ3n) is 3.57. The number of rotatable bonds is 7. The lowest BCUT2D eigenvalue weighted by Crippen LogP contribution is -2.37. The van der Waals surface area contributed by atoms with Gasteiger partial charge in [0.15, 0.2) is 5.96 Å². The molecular formula is C19H23ClFIN4O. The van der Waals surface area contributed by atoms with Gasteiger partial charge in [0.2, 0.25) is 5.91 Å². The molecule has 0 bridgehead atoms. The number of anilines is 1. The van der Waals surface area contributed by atoms with Gasteiger partial charge in [-0.2, -0.15) is 0 Å². The summed E-state index contributed by atoms with van der Waals surface area (Å²) < 4.78 is 13.2. The number of aliphatic imine (C=N–C) groups is 1. The van der Waals surface area contributed by atoms with Crippen molar-refractivity contribution in [3.63, 3.8) is 0 Å². The zero-order valence-electron chi connectivity index (χ0n) is 15.0. The second-order valence-electron chi connectivity index (χ2n) is 5.64. The van der Waals surface area contributed by atoms with Crippen molar-refractivity contribution in [3.05, 3.63) is 64.9 Å². The van der Waals surface area contributed by atoms with Gasteiger partial charge < -0.3 is 16.0 Å². The Bertz CT molecular complexity index is 756. The molecule has 5 nitrogen and oxygen atoms in total. The highest BCUT2D eigenvalue weighted by molar-refractivity contribution is 14.0. The van der Waals surface area contributed by atoms with Crippen LogP contribution in [0.5, 0.6) is 0 Å². The topological polar surface area (TPSA) is 65.5 Å². The molecule has 0 aliphatic carbocycles. The molecule has 0 spiro atoms. The highest BCUT2D eigenvalue weighted by Gasteiger charge is 2.03. The van der Waals surface area contributed by atoms with Crippen molar-refractivity contribution in [1.29, 1.82) is 0 Å². The Morgan fingerprint density at radius 3 is 2.56 bits per heavy atom. The van der Waals surface area contributed by atoms with Crippen LogP contribution in [0.1, 0.15) is 18.4 Å². The lowest BCUT2D eigenvalue weighted by molar-refractivity contribution is -0.116. The summed E-state index contributed by atoms with van der Waals surface area (Å²) in [6, 6.07) is 13.4. The number of nitrogens with zero attached hydrogens (tertiary/aromatic N) is 1. The molecule has 0 aliphatic heterocycles. The van der Waals surface area contributed by atoms with Crippen LogP contribution >= 0.6 is 35.6 Å². The van der Waals surface area contributed by atoms with Crippen LogP contribution < -0.4 is 16.0 Å². The number of carbonyl (C=O) groups is 1. The monoisotopic (exact) mass is 504 g/mol. The van der Waals surface area contributed by atoms with Gasteiger partial charge in [-0.05, 0) is 48.4 Å². The standard InChI is InChI=1S/C19H22ClFN4O.HI/c1-22-19(24-13-14-4-2-5-16(21)12-14)23-11-3-6-18(26)25-17-9-7-15(20)8-10-17;/h2,4-5,7-10,12H,3,6,11,13H2,1H3,(H,25,26)(H2,22,23,24);1H. The number of hydrogen-bond donors (Lipinski definition) is 3. The van der Waals surface area contributed by atoms with Crippen molar-refractivity contribution < 1.29 is 9.18 Å². The molecule has 0 heterocycles. The molecule has 146 valence electrons. The first-order chi connectivity index (χ1) is 12.6. The van der Waals surface area contributed by atoms with Gasteiger partial charge in [-0.1, -0.05) is 23.7 Å². The summed E-state index contributed by atoms with van der Waals surface area (Å²) in [6.45, 7) is 1.06. The SMILES string of the molecule is CN=C(NCCCC(=O)Nc1ccc(Cl)cc1)NCc1cccc(F)c1.I. The van der Waals surface area contributed by atoms with E-state index in [-0.39, 0.29) is 35.7 Å². The summed E-state index contributed by atoms with van der Waals surface area (Å²) in [5, 5.41) is 9.68. The fraction of sp³-hybridized carbons (Fsp3) is 0.263. The Balaban J connectivity index is 0.00000364. The van der Waals surface area contributed by atoms with Gasteiger partial charge in [0.25, 0.3) is 0 Å². The number of halogens is 3. The van der Waals surface area contributed by atoms with Crippen LogP contribution in [-0.2, 0) is 11.3 Å². The van der Waals surface area contributed by atoms with Crippen molar-refractivity contribution in [3.8, 4) is 0 Å². The van der Waals surface area contributed by atoms with Crippen LogP contribution in [0.2, 0.25) is 5.02 Å². The Hall–Kier alpha value is -1.87. The summed E-state index contributed by atoms with van der Waals surface area (Å²) >= 11 is 5.81. The van der Waals surface area contributed by atoms with Crippen molar-refractivity contribution in [1.82, 2.24) is 10.6 Å². The number of nitrogens with one attached hydrogen (secondary N) is 3. The number of carbonyl (C=O) groups excluding carboxylic acids is 1. The largest absolute Gasteiger partial charge is 0.356 e. The molecule has 0 atom stereocenters. The Morgan fingerprint density at radius 1 is 1.15 bits per heavy atom. The second kappa shape index (κ2) is 12.5. The van der Waals surface area contributed by atoms with E-state index < -0.39 is 0 Å². The summed E-state index contributed by atoms with van der Waals surface area (Å²) in [6.07, 6.45) is 1.04. The second-order valence-corrected chi connectivity index (χ2v) is 6.08. The highest BCUT2D eigenvalue weighted by atomic mass is 127. The Labute approximate surface area is 180 Å². The molecule has 0 saturated heterocycles. The Kier molecular flexibility index (Phi) is 10.7. The van der Waals surface area contributed by atoms with Crippen molar-refractivity contribution in [2.24, 2.45) is 4.99 Å². The van der Waals surface area contributed by atoms with Gasteiger partial charge in [-0.15, -0.1) is 24.0 Å². The maximum atomic E-state index is 13.2. The normalized spacial score (nSPS) is 10.7. The maximum Gasteiger partial charge on any atom is 0.224 e. The Morgan fingerprint density at radius 2 is 1.89 bits per heavy atom. The fourth-order valence-electron chi connectivity index (χ4n) is 2.27. The molecule has 0 aliphatic rings. The molecule has 0 unspecified atom stereocenters. The summed E-state index contributed by atoms with van der Waals surface area (Å²) in [5.74, 6) is 0.281. The van der Waals surface area contributed by atoms with Crippen molar-refractivity contribution in [2.45, 2.75) is 19.4 Å². The van der Waals surface area contributed by atoms with Crippen LogP contribution in [0.4, 0.5) is 10.1 Å². The van der Waals surface area contributed by atoms with Gasteiger partial charge in [0.05, 0.1) is 0 Å². The quantitative estimate of drug-likeness (QED) is 0.229. The zero-order valence-corrected chi connectivity index (χ0v) is 18.1. The first-order valence-electron chi connectivity index (χ1n) is 8.31. The number of guanidine groups is 1. The van der Waals surface area contributed by atoms with Gasteiger partial charge in [0, 0.05) is 37.3 Å². The summed E-state index contributed by atoms with van der Waals surface area (Å²) in [5.41, 5.74) is 1.55. The van der Waals surface area contributed by atoms with E-state index in [0.717, 1.165) is 11.3 Å². The molecule has 0 saturated carbocycles. The maximum absolute atomic E-state index is 13.2. The van der Waals surface area contributed by atoms with E-state index in [1.54, 1.807) is 37.4 Å². The molecule has 0 fully saturated rings. The lowest BCUT2D eigenvalue weighted by atomic mass is 10.2. The van der Waals surface area contributed by atoms with Crippen LogP contribution in [0.15, 0.2) is 53.5 Å². The zero-order chi connectivity index (χ0) is 18.8. The minimum Gasteiger partial charge on any atom is -0.356 e. The minimum atomic E-state index is -0.265. The average molecular weight is 505 g/mol. The fourth-order valence-corrected chi connectivity index (χ4v) is 2.39. The van der Waals surface area contributed by atoms with E-state index in [9.17, 15) is 9.18 Å². The number of benzene rings is 2. The van der Waals surface area contributed by atoms with E-state index in [1.165, 1.54) is 12.1 Å². The predicted octanol–water partition coefficient (Wildman–Crippen LogP) is 4.18. The van der Waals surface area contributed by atoms with Gasteiger partial charge >= 0.3 is 0 Å². The number of amides is 1. The summed E-state index contributed by atoms with van der Waals surface area (Å²) in [4.78, 5) is 16.0. The van der Waals surface area contributed by atoms with Gasteiger partial charge in [-0.25, -0.2) is 4.39 Å². The van der Waals surface area contributed by atoms with E-state index in [1.807, 2.05) is 6.07 Å². The van der Waals surface area contributed by atoms with Crippen LogP contribution in [0.3, 0.4) is 0 Å². The molecule has 0 aromatic heterocycles. The molecule has 3 N–H and O–H groups in total. The molecule has 2 aromatic carbocycles. The minimum absolute atomic E-state index is 0. The van der Waals surface area contributed by atoms with E-state index in [4.69, 9.17) is 11.6 Å². The molecule has 8 heteroatoms. The molecule has 0 radical (unpaired) electrons. The van der Waals surface area contributed by atoms with E-state index >= 15 is 0 Å². The van der Waals surface area contributed by atoms with E-state index in [0.29, 0.717) is 36.9 Å². The smallest absolute Gasteiger partial charge is 0.224 e. The molecule has 2 rings (SSSR count). The lowest BCUT2D eigenvalue weighted by Gasteiger charge is -2.12. The third kappa shape index (κ3) is 9.05. The van der Waals surface area contributed by atoms with Crippen molar-refractivity contribution >= 4 is 53.1 Å². The average Bonchev–Trinajstić information content (AvgIpc) is 2.63. The predicted molar refractivity (Wildman–Crippen MR) is 119 cm³/mol. The van der Waals surface area contributed by atoms with Crippen LogP contribution in [0.25, 0.3) is 0 Å². The molecule has 2 aromatic rings. The highest BCUT2D eigenvalue weighted by Crippen LogP contribution is 2.13. The van der Waals surface area contributed by atoms with Crippen LogP contribution in [0, 0.1) is 5.82 Å². The summed E-state index contributed by atoms with van der Waals surface area (Å²) in [7, 11) is 1.66. The third-order valence-corrected chi connectivity index (χ3v) is 3.83. The van der Waals surface area contributed by atoms with Crippen LogP contribution in [-0.4, -0.2) is 25.5 Å². The molecule has 1 amide bonds. The van der Waals surface area contributed by atoms with Gasteiger partial charge in [0.1, 0.15) is 5.82 Å². The molecule has 27 heavy (non-hydrogen) atoms. The first-order valence-corrected chi connectivity index (χ1v) is 8.69. The first kappa shape index (κ1) is 23.2.